The fourth-order valence-corrected chi connectivity index (χ4v) is 2.90. The van der Waals surface area contributed by atoms with Crippen LogP contribution in [0.15, 0.2) is 24.4 Å². The number of carbonyl (C=O) groups is 1. The summed E-state index contributed by atoms with van der Waals surface area (Å²) in [6.07, 6.45) is 3.65. The standard InChI is InChI=1S/C17H20N6O/c1-12-8-16(21-22(12)2)17(24)20-14-4-3-7-23(11-14)15-6-5-13(9-18)19-10-15/h5-6,8,10,14H,3-4,7,11H2,1-2H3,(H,20,24). The van der Waals surface area contributed by atoms with Crippen LogP contribution in [0.2, 0.25) is 0 Å². The van der Waals surface area contributed by atoms with Crippen LogP contribution < -0.4 is 10.2 Å². The van der Waals surface area contributed by atoms with E-state index in [2.05, 4.69) is 20.3 Å². The minimum absolute atomic E-state index is 0.0733. The van der Waals surface area contributed by atoms with E-state index in [0.29, 0.717) is 11.4 Å². The number of aromatic nitrogens is 3. The van der Waals surface area contributed by atoms with Crippen LogP contribution in [0.3, 0.4) is 0 Å². The number of nitrogens with zero attached hydrogens (tertiary/aromatic N) is 5. The minimum Gasteiger partial charge on any atom is -0.368 e. The molecule has 124 valence electrons. The summed E-state index contributed by atoms with van der Waals surface area (Å²) in [4.78, 5) is 18.7. The summed E-state index contributed by atoms with van der Waals surface area (Å²) in [5.41, 5.74) is 2.79. The number of hydrogen-bond acceptors (Lipinski definition) is 5. The lowest BCUT2D eigenvalue weighted by Crippen LogP contribution is -2.48. The molecule has 0 bridgehead atoms. The lowest BCUT2D eigenvalue weighted by atomic mass is 10.0. The SMILES string of the molecule is Cc1cc(C(=O)NC2CCCN(c3ccc(C#N)nc3)C2)nn1C. The van der Waals surface area contributed by atoms with E-state index >= 15 is 0 Å². The molecule has 0 aliphatic carbocycles. The quantitative estimate of drug-likeness (QED) is 0.922. The zero-order valence-electron chi connectivity index (χ0n) is 13.9. The number of nitrogens with one attached hydrogen (secondary N) is 1. The minimum atomic E-state index is -0.136. The van der Waals surface area contributed by atoms with Crippen LogP contribution in [0.4, 0.5) is 5.69 Å². The molecule has 0 saturated carbocycles. The maximum Gasteiger partial charge on any atom is 0.272 e. The van der Waals surface area contributed by atoms with Crippen LogP contribution in [0.1, 0.15) is 34.7 Å². The Bertz CT molecular complexity index is 754. The molecule has 1 unspecified atom stereocenters. The van der Waals surface area contributed by atoms with E-state index < -0.39 is 0 Å². The van der Waals surface area contributed by atoms with Gasteiger partial charge in [0, 0.05) is 31.9 Å². The lowest BCUT2D eigenvalue weighted by Gasteiger charge is -2.34. The molecule has 1 saturated heterocycles. The van der Waals surface area contributed by atoms with E-state index in [0.717, 1.165) is 37.3 Å². The van der Waals surface area contributed by atoms with Crippen LogP contribution in [0.25, 0.3) is 0 Å². The molecule has 7 nitrogen and oxygen atoms in total. The summed E-state index contributed by atoms with van der Waals surface area (Å²) < 4.78 is 1.70. The summed E-state index contributed by atoms with van der Waals surface area (Å²) in [5, 5.41) is 16.1. The van der Waals surface area contributed by atoms with Crippen molar-refractivity contribution in [1.29, 1.82) is 5.26 Å². The first-order valence-electron chi connectivity index (χ1n) is 7.99. The van der Waals surface area contributed by atoms with E-state index in [9.17, 15) is 4.79 Å². The highest BCUT2D eigenvalue weighted by Crippen LogP contribution is 2.19. The Hall–Kier alpha value is -2.88. The van der Waals surface area contributed by atoms with Crippen molar-refractivity contribution in [3.05, 3.63) is 41.5 Å². The van der Waals surface area contributed by atoms with Gasteiger partial charge in [-0.05, 0) is 38.0 Å². The highest BCUT2D eigenvalue weighted by molar-refractivity contribution is 5.92. The second kappa shape index (κ2) is 6.71. The second-order valence-corrected chi connectivity index (χ2v) is 6.07. The van der Waals surface area contributed by atoms with Crippen LogP contribution in [-0.2, 0) is 7.05 Å². The number of piperidine rings is 1. The summed E-state index contributed by atoms with van der Waals surface area (Å²) in [6.45, 7) is 3.57. The van der Waals surface area contributed by atoms with E-state index in [1.165, 1.54) is 0 Å². The molecule has 24 heavy (non-hydrogen) atoms. The Balaban J connectivity index is 1.64. The van der Waals surface area contributed by atoms with E-state index in [-0.39, 0.29) is 11.9 Å². The van der Waals surface area contributed by atoms with Gasteiger partial charge >= 0.3 is 0 Å². The number of nitriles is 1. The molecule has 7 heteroatoms. The molecule has 1 amide bonds. The number of carbonyl (C=O) groups excluding carboxylic acids is 1. The number of pyridine rings is 1. The van der Waals surface area contributed by atoms with Crippen molar-refractivity contribution in [3.63, 3.8) is 0 Å². The van der Waals surface area contributed by atoms with Gasteiger partial charge in [-0.2, -0.15) is 10.4 Å². The monoisotopic (exact) mass is 324 g/mol. The van der Waals surface area contributed by atoms with Gasteiger partial charge in [-0.1, -0.05) is 0 Å². The molecule has 1 fully saturated rings. The molecule has 0 spiro atoms. The lowest BCUT2D eigenvalue weighted by molar-refractivity contribution is 0.0927. The Morgan fingerprint density at radius 3 is 2.92 bits per heavy atom. The first-order valence-corrected chi connectivity index (χ1v) is 7.99. The van der Waals surface area contributed by atoms with E-state index in [1.807, 2.05) is 26.1 Å². The summed E-state index contributed by atoms with van der Waals surface area (Å²) in [6, 6.07) is 7.50. The fraction of sp³-hybridized carbons (Fsp3) is 0.412. The van der Waals surface area contributed by atoms with Crippen molar-refractivity contribution in [1.82, 2.24) is 20.1 Å². The van der Waals surface area contributed by atoms with Gasteiger partial charge in [0.15, 0.2) is 0 Å². The van der Waals surface area contributed by atoms with Crippen molar-refractivity contribution < 1.29 is 4.79 Å². The molecule has 1 atom stereocenters. The highest BCUT2D eigenvalue weighted by Gasteiger charge is 2.23. The van der Waals surface area contributed by atoms with E-state index in [1.54, 1.807) is 23.0 Å². The van der Waals surface area contributed by atoms with Gasteiger partial charge in [0.25, 0.3) is 5.91 Å². The molecular formula is C17H20N6O. The molecule has 3 heterocycles. The van der Waals surface area contributed by atoms with Gasteiger partial charge in [0.05, 0.1) is 11.9 Å². The average molecular weight is 324 g/mol. The van der Waals surface area contributed by atoms with Gasteiger partial charge in [-0.25, -0.2) is 4.98 Å². The molecule has 2 aromatic heterocycles. The van der Waals surface area contributed by atoms with E-state index in [4.69, 9.17) is 5.26 Å². The summed E-state index contributed by atoms with van der Waals surface area (Å²) in [5.74, 6) is -0.136. The van der Waals surface area contributed by atoms with Crippen molar-refractivity contribution in [2.75, 3.05) is 18.0 Å². The van der Waals surface area contributed by atoms with Crippen molar-refractivity contribution in [2.45, 2.75) is 25.8 Å². The first-order chi connectivity index (χ1) is 11.6. The summed E-state index contributed by atoms with van der Waals surface area (Å²) in [7, 11) is 1.83. The number of anilines is 1. The van der Waals surface area contributed by atoms with Crippen molar-refractivity contribution >= 4 is 11.6 Å². The van der Waals surface area contributed by atoms with Gasteiger partial charge < -0.3 is 10.2 Å². The highest BCUT2D eigenvalue weighted by atomic mass is 16.2. The second-order valence-electron chi connectivity index (χ2n) is 6.07. The Kier molecular flexibility index (Phi) is 4.47. The molecule has 0 aromatic carbocycles. The maximum atomic E-state index is 12.4. The Labute approximate surface area is 140 Å². The van der Waals surface area contributed by atoms with Crippen LogP contribution >= 0.6 is 0 Å². The molecule has 0 radical (unpaired) electrons. The molecular weight excluding hydrogens is 304 g/mol. The van der Waals surface area contributed by atoms with Crippen LogP contribution in [-0.4, -0.2) is 39.8 Å². The predicted octanol–water partition coefficient (Wildman–Crippen LogP) is 1.39. The smallest absolute Gasteiger partial charge is 0.272 e. The normalized spacial score (nSPS) is 17.4. The Morgan fingerprint density at radius 2 is 2.29 bits per heavy atom. The predicted molar refractivity (Wildman–Crippen MR) is 89.6 cm³/mol. The van der Waals surface area contributed by atoms with Crippen LogP contribution in [0, 0.1) is 18.3 Å². The number of hydrogen-bond donors (Lipinski definition) is 1. The third kappa shape index (κ3) is 3.38. The van der Waals surface area contributed by atoms with Gasteiger partial charge in [0.2, 0.25) is 0 Å². The number of aryl methyl sites for hydroxylation is 2. The molecule has 1 aliphatic heterocycles. The zero-order chi connectivity index (χ0) is 17.1. The number of amides is 1. The van der Waals surface area contributed by atoms with Crippen molar-refractivity contribution in [3.8, 4) is 6.07 Å². The Morgan fingerprint density at radius 1 is 1.46 bits per heavy atom. The fourth-order valence-electron chi connectivity index (χ4n) is 2.90. The molecule has 1 N–H and O–H groups in total. The number of rotatable bonds is 3. The van der Waals surface area contributed by atoms with Gasteiger partial charge in [-0.3, -0.25) is 9.48 Å². The third-order valence-corrected chi connectivity index (χ3v) is 4.33. The van der Waals surface area contributed by atoms with Crippen LogP contribution in [0.5, 0.6) is 0 Å². The maximum absolute atomic E-state index is 12.4. The molecule has 1 aliphatic rings. The zero-order valence-corrected chi connectivity index (χ0v) is 13.9. The van der Waals surface area contributed by atoms with Gasteiger partial charge in [0.1, 0.15) is 17.5 Å². The molecule has 3 rings (SSSR count). The topological polar surface area (TPSA) is 86.8 Å². The largest absolute Gasteiger partial charge is 0.368 e. The summed E-state index contributed by atoms with van der Waals surface area (Å²) >= 11 is 0. The average Bonchev–Trinajstić information content (AvgIpc) is 2.94. The third-order valence-electron chi connectivity index (χ3n) is 4.33. The van der Waals surface area contributed by atoms with Gasteiger partial charge in [-0.15, -0.1) is 0 Å². The first kappa shape index (κ1) is 16.0. The van der Waals surface area contributed by atoms with Crippen molar-refractivity contribution in [2.24, 2.45) is 7.05 Å². The molecule has 2 aromatic rings.